The minimum Gasteiger partial charge on any atom is -0.386 e. The summed E-state index contributed by atoms with van der Waals surface area (Å²) in [5.41, 5.74) is 3.08. The molecule has 0 saturated carbocycles. The second-order valence-electron chi connectivity index (χ2n) is 7.05. The minimum atomic E-state index is -0.594. The van der Waals surface area contributed by atoms with Crippen LogP contribution >= 0.6 is 34.3 Å². The number of anilines is 3. The lowest BCUT2D eigenvalue weighted by atomic mass is 10.2. The van der Waals surface area contributed by atoms with Gasteiger partial charge in [0.2, 0.25) is 0 Å². The number of pyridine rings is 1. The number of halogens is 2. The number of nitrogens with zero attached hydrogens (tertiary/aromatic N) is 3. The Morgan fingerprint density at radius 2 is 2.06 bits per heavy atom. The van der Waals surface area contributed by atoms with Crippen LogP contribution in [-0.2, 0) is 13.0 Å². The molecule has 32 heavy (non-hydrogen) atoms. The lowest BCUT2D eigenvalue weighted by Gasteiger charge is -2.08. The molecule has 0 radical (unpaired) electrons. The lowest BCUT2D eigenvalue weighted by molar-refractivity contribution is 0.198. The molecule has 0 bridgehead atoms. The van der Waals surface area contributed by atoms with Crippen molar-refractivity contribution in [2.45, 2.75) is 32.9 Å². The summed E-state index contributed by atoms with van der Waals surface area (Å²) >= 11 is 8.73. The van der Waals surface area contributed by atoms with E-state index in [-0.39, 0.29) is 0 Å². The predicted molar refractivity (Wildman–Crippen MR) is 129 cm³/mol. The van der Waals surface area contributed by atoms with Gasteiger partial charge in [0.1, 0.15) is 22.7 Å². The maximum atomic E-state index is 13.9. The van der Waals surface area contributed by atoms with Crippen LogP contribution in [0.1, 0.15) is 36.2 Å². The first-order valence-corrected chi connectivity index (χ1v) is 12.0. The van der Waals surface area contributed by atoms with Gasteiger partial charge in [0.15, 0.2) is 5.13 Å². The fourth-order valence-electron chi connectivity index (χ4n) is 2.97. The lowest BCUT2D eigenvalue weighted by Crippen LogP contribution is -2.02. The topological polar surface area (TPSA) is 83.0 Å². The van der Waals surface area contributed by atoms with E-state index in [2.05, 4.69) is 25.6 Å². The van der Waals surface area contributed by atoms with Gasteiger partial charge in [0.25, 0.3) is 0 Å². The summed E-state index contributed by atoms with van der Waals surface area (Å²) in [7, 11) is 0. The highest BCUT2D eigenvalue weighted by molar-refractivity contribution is 7.17. The molecule has 1 aromatic carbocycles. The Balaban J connectivity index is 1.41. The molecular weight excluding hydrogens is 469 g/mol. The van der Waals surface area contributed by atoms with Crippen LogP contribution in [0.25, 0.3) is 10.6 Å². The Hall–Kier alpha value is -2.59. The predicted octanol–water partition coefficient (Wildman–Crippen LogP) is 6.43. The molecule has 0 fully saturated rings. The van der Waals surface area contributed by atoms with Gasteiger partial charge in [-0.25, -0.2) is 19.3 Å². The van der Waals surface area contributed by atoms with Crippen molar-refractivity contribution in [3.05, 3.63) is 69.0 Å². The maximum absolute atomic E-state index is 13.9. The molecule has 3 heterocycles. The normalized spacial score (nSPS) is 12.0. The average Bonchev–Trinajstić information content (AvgIpc) is 3.41. The molecular formula is C22H21ClFN5OS2. The summed E-state index contributed by atoms with van der Waals surface area (Å²) in [6, 6.07) is 8.29. The highest BCUT2D eigenvalue weighted by Gasteiger charge is 2.17. The van der Waals surface area contributed by atoms with Gasteiger partial charge in [-0.05, 0) is 43.2 Å². The number of aryl methyl sites for hydroxylation is 1. The number of hydrogen-bond donors (Lipinski definition) is 3. The average molecular weight is 490 g/mol. The third-order valence-corrected chi connectivity index (χ3v) is 6.90. The van der Waals surface area contributed by atoms with Crippen LogP contribution in [0.15, 0.2) is 41.9 Å². The third-order valence-electron chi connectivity index (χ3n) is 4.62. The van der Waals surface area contributed by atoms with Crippen molar-refractivity contribution in [2.24, 2.45) is 0 Å². The number of aliphatic hydroxyl groups excluding tert-OH is 1. The molecule has 0 spiro atoms. The number of hydrogen-bond acceptors (Lipinski definition) is 8. The van der Waals surface area contributed by atoms with Gasteiger partial charge in [-0.1, -0.05) is 24.6 Å². The Morgan fingerprint density at radius 3 is 2.75 bits per heavy atom. The number of thiazole rings is 2. The summed E-state index contributed by atoms with van der Waals surface area (Å²) < 4.78 is 13.9. The van der Waals surface area contributed by atoms with Crippen molar-refractivity contribution in [1.29, 1.82) is 0 Å². The monoisotopic (exact) mass is 489 g/mol. The molecule has 1 unspecified atom stereocenters. The number of benzene rings is 1. The molecule has 0 saturated heterocycles. The number of nitrogens with one attached hydrogen (secondary N) is 2. The standard InChI is InChI=1S/C22H21ClFN5OS2/c1-3-16-20(32-21(27-16)12(2)30)18-11-31-22(28-18)29-19-7-4-13(10-26-19)9-25-17-6-5-14(23)8-15(17)24/h4-8,10-12,25,30H,3,9H2,1-2H3,(H,26,28,29). The SMILES string of the molecule is CCc1nc(C(C)O)sc1-c1csc(Nc2ccc(CNc3ccc(Cl)cc3F)cn2)n1. The second kappa shape index (κ2) is 9.91. The van der Waals surface area contributed by atoms with Gasteiger partial charge in [-0.3, -0.25) is 0 Å². The Morgan fingerprint density at radius 1 is 1.22 bits per heavy atom. The Kier molecular flexibility index (Phi) is 7.00. The zero-order valence-electron chi connectivity index (χ0n) is 17.4. The van der Waals surface area contributed by atoms with E-state index in [1.165, 1.54) is 28.7 Å². The number of aliphatic hydroxyl groups is 1. The molecule has 0 aliphatic rings. The summed E-state index contributed by atoms with van der Waals surface area (Å²) in [6.07, 6.45) is 1.91. The van der Waals surface area contributed by atoms with Gasteiger partial charge < -0.3 is 15.7 Å². The van der Waals surface area contributed by atoms with Gasteiger partial charge in [-0.2, -0.15) is 0 Å². The van der Waals surface area contributed by atoms with E-state index in [4.69, 9.17) is 11.6 Å². The van der Waals surface area contributed by atoms with Crippen LogP contribution in [0.3, 0.4) is 0 Å². The van der Waals surface area contributed by atoms with Gasteiger partial charge in [-0.15, -0.1) is 22.7 Å². The van der Waals surface area contributed by atoms with Crippen molar-refractivity contribution >= 4 is 50.9 Å². The molecule has 10 heteroatoms. The van der Waals surface area contributed by atoms with Crippen LogP contribution in [0, 0.1) is 5.82 Å². The van der Waals surface area contributed by atoms with Crippen molar-refractivity contribution < 1.29 is 9.50 Å². The highest BCUT2D eigenvalue weighted by Crippen LogP contribution is 2.35. The van der Waals surface area contributed by atoms with Gasteiger partial charge >= 0.3 is 0 Å². The molecule has 6 nitrogen and oxygen atoms in total. The summed E-state index contributed by atoms with van der Waals surface area (Å²) in [5, 5.41) is 19.8. The van der Waals surface area contributed by atoms with E-state index in [0.717, 1.165) is 33.4 Å². The first kappa shape index (κ1) is 22.6. The summed E-state index contributed by atoms with van der Waals surface area (Å²) in [6.45, 7) is 4.19. The highest BCUT2D eigenvalue weighted by atomic mass is 35.5. The van der Waals surface area contributed by atoms with E-state index in [0.29, 0.717) is 28.1 Å². The molecule has 166 valence electrons. The Labute approximate surface area is 198 Å². The molecule has 0 aliphatic carbocycles. The fraction of sp³-hybridized carbons (Fsp3) is 0.227. The van der Waals surface area contributed by atoms with Crippen molar-refractivity contribution in [3.63, 3.8) is 0 Å². The van der Waals surface area contributed by atoms with Crippen molar-refractivity contribution in [2.75, 3.05) is 10.6 Å². The smallest absolute Gasteiger partial charge is 0.188 e. The van der Waals surface area contributed by atoms with Crippen LogP contribution in [-0.4, -0.2) is 20.1 Å². The van der Waals surface area contributed by atoms with E-state index in [1.807, 2.05) is 24.4 Å². The van der Waals surface area contributed by atoms with E-state index >= 15 is 0 Å². The van der Waals surface area contributed by atoms with Crippen molar-refractivity contribution in [3.8, 4) is 10.6 Å². The molecule has 4 aromatic rings. The zero-order valence-corrected chi connectivity index (χ0v) is 19.8. The fourth-order valence-corrected chi connectivity index (χ4v) is 4.96. The van der Waals surface area contributed by atoms with Gasteiger partial charge in [0, 0.05) is 23.1 Å². The van der Waals surface area contributed by atoms with Crippen molar-refractivity contribution in [1.82, 2.24) is 15.0 Å². The number of rotatable bonds is 8. The maximum Gasteiger partial charge on any atom is 0.188 e. The molecule has 0 aliphatic heterocycles. The third kappa shape index (κ3) is 5.24. The van der Waals surface area contributed by atoms with Crippen LogP contribution < -0.4 is 10.6 Å². The van der Waals surface area contributed by atoms with Crippen LogP contribution in [0.4, 0.5) is 21.0 Å². The number of aromatic nitrogens is 3. The molecule has 1 atom stereocenters. The summed E-state index contributed by atoms with van der Waals surface area (Å²) in [5.74, 6) is 0.271. The molecule has 4 rings (SSSR count). The Bertz CT molecular complexity index is 1210. The first-order valence-electron chi connectivity index (χ1n) is 9.97. The van der Waals surface area contributed by atoms with E-state index in [9.17, 15) is 9.50 Å². The molecule has 3 N–H and O–H groups in total. The van der Waals surface area contributed by atoms with Crippen LogP contribution in [0.2, 0.25) is 5.02 Å². The first-order chi connectivity index (χ1) is 15.4. The largest absolute Gasteiger partial charge is 0.386 e. The van der Waals surface area contributed by atoms with E-state index in [1.54, 1.807) is 25.3 Å². The van der Waals surface area contributed by atoms with E-state index < -0.39 is 11.9 Å². The molecule has 0 amide bonds. The van der Waals surface area contributed by atoms with Crippen LogP contribution in [0.5, 0.6) is 0 Å². The zero-order chi connectivity index (χ0) is 22.7. The van der Waals surface area contributed by atoms with Gasteiger partial charge in [0.05, 0.1) is 22.0 Å². The molecule has 3 aromatic heterocycles. The second-order valence-corrected chi connectivity index (χ2v) is 9.37. The quantitative estimate of drug-likeness (QED) is 0.264. The summed E-state index contributed by atoms with van der Waals surface area (Å²) in [4.78, 5) is 14.6. The minimum absolute atomic E-state index is 0.361.